The average Bonchev–Trinajstić information content (AvgIpc) is 3.19. The molecular formula is C42H54N4O6. The number of hydrogen-bond acceptors (Lipinski definition) is 10. The molecule has 0 radical (unpaired) electrons. The van der Waals surface area contributed by atoms with E-state index in [-0.39, 0.29) is 38.4 Å². The van der Waals surface area contributed by atoms with Gasteiger partial charge >= 0.3 is 11.9 Å². The molecule has 4 rings (SSSR count). The molecular weight excluding hydrogens is 656 g/mol. The standard InChI is InChI=1S/C42H54N4O6/c1-31(13-15-33-17-21-35(25-43)22-18-33)45-27-39(29-49-37-9-5-3-6-10-37)51-41(47)42(48)52-40(30-50-38-11-7-4-8-12-38)28-46-32(2)14-16-34-19-23-36(26-44)24-20-34/h3-12,17-24,31-32,39-40,45-46H,13-16,25-30,43-44H2,1-2H3/t31-,32-,39+,40+/m1/s1. The van der Waals surface area contributed by atoms with Crippen LogP contribution in [-0.4, -0.2) is 62.5 Å². The lowest BCUT2D eigenvalue weighted by Gasteiger charge is -2.23. The van der Waals surface area contributed by atoms with Gasteiger partial charge in [-0.15, -0.1) is 0 Å². The maximum atomic E-state index is 13.2. The number of hydrogen-bond donors (Lipinski definition) is 4. The number of rotatable bonds is 22. The van der Waals surface area contributed by atoms with Gasteiger partial charge in [0.25, 0.3) is 0 Å². The third-order valence-corrected chi connectivity index (χ3v) is 8.71. The first-order valence-corrected chi connectivity index (χ1v) is 18.1. The van der Waals surface area contributed by atoms with Crippen molar-refractivity contribution in [1.29, 1.82) is 0 Å². The summed E-state index contributed by atoms with van der Waals surface area (Å²) in [5.74, 6) is -0.915. The van der Waals surface area contributed by atoms with Gasteiger partial charge in [-0.3, -0.25) is 0 Å². The van der Waals surface area contributed by atoms with E-state index in [2.05, 4.69) is 48.7 Å². The highest BCUT2D eigenvalue weighted by Crippen LogP contribution is 2.13. The van der Waals surface area contributed by atoms with Crippen molar-refractivity contribution < 1.29 is 28.5 Å². The van der Waals surface area contributed by atoms with Crippen LogP contribution in [0.15, 0.2) is 109 Å². The Bertz CT molecular complexity index is 1470. The van der Waals surface area contributed by atoms with Gasteiger partial charge in [0, 0.05) is 38.3 Å². The molecule has 0 amide bonds. The van der Waals surface area contributed by atoms with Gasteiger partial charge in [0.2, 0.25) is 0 Å². The minimum atomic E-state index is -1.09. The van der Waals surface area contributed by atoms with Crippen molar-refractivity contribution in [3.63, 3.8) is 0 Å². The lowest BCUT2D eigenvalue weighted by Crippen LogP contribution is -2.43. The zero-order chi connectivity index (χ0) is 37.0. The summed E-state index contributed by atoms with van der Waals surface area (Å²) in [5.41, 5.74) is 16.1. The molecule has 0 spiro atoms. The van der Waals surface area contributed by atoms with Crippen LogP contribution in [0.25, 0.3) is 0 Å². The van der Waals surface area contributed by atoms with E-state index in [1.165, 1.54) is 11.1 Å². The van der Waals surface area contributed by atoms with Gasteiger partial charge < -0.3 is 41.0 Å². The van der Waals surface area contributed by atoms with Crippen LogP contribution in [0.4, 0.5) is 0 Å². The summed E-state index contributed by atoms with van der Waals surface area (Å²) in [7, 11) is 0. The van der Waals surface area contributed by atoms with Gasteiger partial charge in [-0.1, -0.05) is 84.9 Å². The molecule has 0 heterocycles. The van der Waals surface area contributed by atoms with Crippen molar-refractivity contribution >= 4 is 11.9 Å². The normalized spacial score (nSPS) is 13.4. The van der Waals surface area contributed by atoms with Crippen LogP contribution in [-0.2, 0) is 45.0 Å². The third-order valence-electron chi connectivity index (χ3n) is 8.71. The highest BCUT2D eigenvalue weighted by atomic mass is 16.6. The average molecular weight is 711 g/mol. The van der Waals surface area contributed by atoms with Gasteiger partial charge in [0.05, 0.1) is 0 Å². The summed E-state index contributed by atoms with van der Waals surface area (Å²) in [6, 6.07) is 35.3. The largest absolute Gasteiger partial charge is 0.490 e. The molecule has 4 atom stereocenters. The third kappa shape index (κ3) is 14.9. The Morgan fingerprint density at radius 1 is 0.538 bits per heavy atom. The van der Waals surface area contributed by atoms with Crippen molar-refractivity contribution in [1.82, 2.24) is 10.6 Å². The molecule has 0 saturated heterocycles. The summed E-state index contributed by atoms with van der Waals surface area (Å²) < 4.78 is 23.2. The number of para-hydroxylation sites is 2. The summed E-state index contributed by atoms with van der Waals surface area (Å²) in [5, 5.41) is 6.87. The van der Waals surface area contributed by atoms with E-state index in [9.17, 15) is 9.59 Å². The molecule has 0 aliphatic rings. The molecule has 4 aromatic rings. The van der Waals surface area contributed by atoms with Gasteiger partial charge in [-0.25, -0.2) is 9.59 Å². The number of carbonyl (C=O) groups is 2. The molecule has 52 heavy (non-hydrogen) atoms. The SMILES string of the molecule is C[C@H](CCc1ccc(CN)cc1)NC[C@@H](COc1ccccc1)OC(=O)C(=O)O[C@@H](CN[C@H](C)CCc1ccc(CN)cc1)COc1ccccc1. The number of carbonyl (C=O) groups excluding carboxylic acids is 2. The van der Waals surface area contributed by atoms with Crippen LogP contribution >= 0.6 is 0 Å². The quantitative estimate of drug-likeness (QED) is 0.0641. The van der Waals surface area contributed by atoms with Gasteiger partial charge in [-0.05, 0) is 86.1 Å². The van der Waals surface area contributed by atoms with Crippen LogP contribution in [0.5, 0.6) is 11.5 Å². The first-order chi connectivity index (χ1) is 25.3. The molecule has 0 aromatic heterocycles. The maximum absolute atomic E-state index is 13.2. The second kappa shape index (κ2) is 22.3. The molecule has 4 aromatic carbocycles. The first kappa shape index (κ1) is 40.0. The summed E-state index contributed by atoms with van der Waals surface area (Å²) >= 11 is 0. The van der Waals surface area contributed by atoms with E-state index >= 15 is 0 Å². The highest BCUT2D eigenvalue weighted by Gasteiger charge is 2.27. The minimum Gasteiger partial charge on any atom is -0.490 e. The van der Waals surface area contributed by atoms with Crippen molar-refractivity contribution in [3.8, 4) is 11.5 Å². The lowest BCUT2D eigenvalue weighted by molar-refractivity contribution is -0.175. The van der Waals surface area contributed by atoms with E-state index in [0.717, 1.165) is 36.8 Å². The number of esters is 2. The molecule has 0 saturated carbocycles. The Morgan fingerprint density at radius 2 is 0.885 bits per heavy atom. The fourth-order valence-electron chi connectivity index (χ4n) is 5.40. The van der Waals surface area contributed by atoms with Crippen LogP contribution in [0.3, 0.4) is 0 Å². The molecule has 0 aliphatic carbocycles. The van der Waals surface area contributed by atoms with Crippen molar-refractivity contribution in [2.45, 2.75) is 76.9 Å². The smallest absolute Gasteiger partial charge is 0.417 e. The molecule has 10 heteroatoms. The molecule has 0 aliphatic heterocycles. The predicted octanol–water partition coefficient (Wildman–Crippen LogP) is 5.11. The molecule has 0 unspecified atom stereocenters. The number of benzene rings is 4. The maximum Gasteiger partial charge on any atom is 0.417 e. The van der Waals surface area contributed by atoms with E-state index in [0.29, 0.717) is 24.6 Å². The number of nitrogens with one attached hydrogen (secondary N) is 2. The molecule has 10 nitrogen and oxygen atoms in total. The van der Waals surface area contributed by atoms with Crippen molar-refractivity contribution in [2.75, 3.05) is 26.3 Å². The zero-order valence-electron chi connectivity index (χ0n) is 30.4. The number of ether oxygens (including phenoxy) is 4. The van der Waals surface area contributed by atoms with Gasteiger partial charge in [0.15, 0.2) is 0 Å². The predicted molar refractivity (Wildman–Crippen MR) is 204 cm³/mol. The van der Waals surface area contributed by atoms with Crippen molar-refractivity contribution in [3.05, 3.63) is 131 Å². The van der Waals surface area contributed by atoms with E-state index in [1.54, 1.807) is 0 Å². The molecule has 6 N–H and O–H groups in total. The van der Waals surface area contributed by atoms with E-state index in [4.69, 9.17) is 30.4 Å². The van der Waals surface area contributed by atoms with Crippen LogP contribution in [0.2, 0.25) is 0 Å². The van der Waals surface area contributed by atoms with Crippen LogP contribution in [0, 0.1) is 0 Å². The highest BCUT2D eigenvalue weighted by molar-refractivity contribution is 6.29. The Labute approximate surface area is 308 Å². The zero-order valence-corrected chi connectivity index (χ0v) is 30.4. The van der Waals surface area contributed by atoms with E-state index < -0.39 is 24.1 Å². The summed E-state index contributed by atoms with van der Waals surface area (Å²) in [4.78, 5) is 26.3. The molecule has 278 valence electrons. The molecule has 0 bridgehead atoms. The lowest BCUT2D eigenvalue weighted by atomic mass is 10.0. The Hall–Kier alpha value is -4.74. The fraction of sp³-hybridized carbons (Fsp3) is 0.381. The summed E-state index contributed by atoms with van der Waals surface area (Å²) in [6.07, 6.45) is 1.97. The Balaban J connectivity index is 1.32. The second-order valence-electron chi connectivity index (χ2n) is 13.0. The summed E-state index contributed by atoms with van der Waals surface area (Å²) in [6.45, 7) is 5.85. The topological polar surface area (TPSA) is 147 Å². The van der Waals surface area contributed by atoms with E-state index in [1.807, 2.05) is 84.9 Å². The fourth-order valence-corrected chi connectivity index (χ4v) is 5.40. The van der Waals surface area contributed by atoms with Crippen LogP contribution < -0.4 is 31.6 Å². The molecule has 0 fully saturated rings. The monoisotopic (exact) mass is 710 g/mol. The van der Waals surface area contributed by atoms with Gasteiger partial charge in [-0.2, -0.15) is 0 Å². The first-order valence-electron chi connectivity index (χ1n) is 18.1. The number of nitrogens with two attached hydrogens (primary N) is 2. The van der Waals surface area contributed by atoms with Crippen molar-refractivity contribution in [2.24, 2.45) is 11.5 Å². The Morgan fingerprint density at radius 3 is 1.23 bits per heavy atom. The van der Waals surface area contributed by atoms with Gasteiger partial charge in [0.1, 0.15) is 36.9 Å². The number of aryl methyl sites for hydroxylation is 2. The van der Waals surface area contributed by atoms with Crippen LogP contribution in [0.1, 0.15) is 48.9 Å². The minimum absolute atomic E-state index is 0.0534. The second-order valence-corrected chi connectivity index (χ2v) is 13.0. The Kier molecular flexibility index (Phi) is 17.1.